The lowest BCUT2D eigenvalue weighted by molar-refractivity contribution is -0.113. The zero-order chi connectivity index (χ0) is 12.7. The Morgan fingerprint density at radius 2 is 2.22 bits per heavy atom. The van der Waals surface area contributed by atoms with Crippen molar-refractivity contribution in [3.8, 4) is 0 Å². The zero-order valence-electron chi connectivity index (χ0n) is 9.78. The molecule has 1 saturated carbocycles. The molecule has 0 unspecified atom stereocenters. The van der Waals surface area contributed by atoms with Crippen LogP contribution >= 0.6 is 11.6 Å². The molecular weight excluding hydrogens is 252 g/mol. The molecule has 0 radical (unpaired) electrons. The van der Waals surface area contributed by atoms with Crippen LogP contribution in [0, 0.1) is 0 Å². The molecular formula is C13H13ClN2O2. The summed E-state index contributed by atoms with van der Waals surface area (Å²) in [6.45, 7) is 0.595. The number of alkyl halides is 1. The number of amides is 2. The number of nitrogens with zero attached hydrogens (tertiary/aromatic N) is 1. The second-order valence-corrected chi connectivity index (χ2v) is 4.94. The van der Waals surface area contributed by atoms with Crippen LogP contribution in [-0.4, -0.2) is 28.6 Å². The summed E-state index contributed by atoms with van der Waals surface area (Å²) in [5.74, 6) is -0.249. The highest BCUT2D eigenvalue weighted by Crippen LogP contribution is 2.37. The molecule has 5 heteroatoms. The molecule has 94 valence electrons. The second-order valence-electron chi connectivity index (χ2n) is 4.68. The van der Waals surface area contributed by atoms with E-state index in [0.717, 1.165) is 18.4 Å². The number of benzene rings is 1. The van der Waals surface area contributed by atoms with E-state index in [1.165, 1.54) is 0 Å². The topological polar surface area (TPSA) is 49.4 Å². The molecule has 1 fully saturated rings. The van der Waals surface area contributed by atoms with E-state index in [2.05, 4.69) is 5.32 Å². The van der Waals surface area contributed by atoms with Gasteiger partial charge in [0.05, 0.1) is 0 Å². The molecule has 0 aromatic heterocycles. The number of hydrogen-bond donors (Lipinski definition) is 1. The van der Waals surface area contributed by atoms with Crippen molar-refractivity contribution in [2.75, 3.05) is 11.2 Å². The van der Waals surface area contributed by atoms with Gasteiger partial charge in [0.25, 0.3) is 5.91 Å². The van der Waals surface area contributed by atoms with Gasteiger partial charge >= 0.3 is 0 Å². The fourth-order valence-corrected chi connectivity index (χ4v) is 2.40. The maximum Gasteiger partial charge on any atom is 0.254 e. The Balaban J connectivity index is 1.91. The molecule has 1 aliphatic carbocycles. The maximum absolute atomic E-state index is 12.2. The molecule has 4 nitrogen and oxygen atoms in total. The van der Waals surface area contributed by atoms with Crippen LogP contribution in [0.3, 0.4) is 0 Å². The Morgan fingerprint density at radius 1 is 1.44 bits per heavy atom. The summed E-state index contributed by atoms with van der Waals surface area (Å²) in [5, 5.41) is 2.74. The van der Waals surface area contributed by atoms with Gasteiger partial charge in [0.1, 0.15) is 5.88 Å². The SMILES string of the molecule is O=C(CCl)Nc1cccc2c1CN(C1CC1)C2=O. The third-order valence-electron chi connectivity index (χ3n) is 3.38. The molecule has 0 bridgehead atoms. The van der Waals surface area contributed by atoms with Gasteiger partial charge in [0.2, 0.25) is 5.91 Å². The average molecular weight is 265 g/mol. The minimum atomic E-state index is -0.248. The van der Waals surface area contributed by atoms with Crippen molar-refractivity contribution < 1.29 is 9.59 Å². The van der Waals surface area contributed by atoms with Crippen LogP contribution in [-0.2, 0) is 11.3 Å². The number of rotatable bonds is 3. The third kappa shape index (κ3) is 1.86. The standard InChI is InChI=1S/C13H13ClN2O2/c14-6-12(17)15-11-3-1-2-9-10(11)7-16(13(9)18)8-4-5-8/h1-3,8H,4-7H2,(H,15,17). The first-order valence-corrected chi connectivity index (χ1v) is 6.53. The monoisotopic (exact) mass is 264 g/mol. The molecule has 1 aromatic carbocycles. The van der Waals surface area contributed by atoms with Crippen LogP contribution in [0.15, 0.2) is 18.2 Å². The Labute approximate surface area is 110 Å². The molecule has 0 saturated heterocycles. The molecule has 1 aromatic rings. The molecule has 0 spiro atoms. The van der Waals surface area contributed by atoms with Crippen LogP contribution in [0.1, 0.15) is 28.8 Å². The first kappa shape index (κ1) is 11.5. The predicted molar refractivity (Wildman–Crippen MR) is 68.7 cm³/mol. The molecule has 3 rings (SSSR count). The van der Waals surface area contributed by atoms with E-state index >= 15 is 0 Å². The number of hydrogen-bond acceptors (Lipinski definition) is 2. The smallest absolute Gasteiger partial charge is 0.254 e. The largest absolute Gasteiger partial charge is 0.331 e. The molecule has 1 aliphatic heterocycles. The lowest BCUT2D eigenvalue weighted by Crippen LogP contribution is -2.25. The van der Waals surface area contributed by atoms with Crippen LogP contribution in [0.5, 0.6) is 0 Å². The third-order valence-corrected chi connectivity index (χ3v) is 3.62. The van der Waals surface area contributed by atoms with Crippen molar-refractivity contribution in [1.82, 2.24) is 4.90 Å². The van der Waals surface area contributed by atoms with E-state index in [0.29, 0.717) is 23.8 Å². The van der Waals surface area contributed by atoms with Crippen molar-refractivity contribution in [1.29, 1.82) is 0 Å². The number of anilines is 1. The summed E-state index contributed by atoms with van der Waals surface area (Å²) < 4.78 is 0. The van der Waals surface area contributed by atoms with Gasteiger partial charge in [0, 0.05) is 29.4 Å². The van der Waals surface area contributed by atoms with Gasteiger partial charge in [-0.15, -0.1) is 11.6 Å². The number of carbonyl (C=O) groups is 2. The molecule has 0 atom stereocenters. The summed E-state index contributed by atoms with van der Waals surface area (Å²) >= 11 is 5.48. The van der Waals surface area contributed by atoms with Crippen molar-refractivity contribution in [3.05, 3.63) is 29.3 Å². The van der Waals surface area contributed by atoms with Gasteiger partial charge < -0.3 is 10.2 Å². The van der Waals surface area contributed by atoms with Crippen molar-refractivity contribution in [2.45, 2.75) is 25.4 Å². The average Bonchev–Trinajstić information content (AvgIpc) is 3.16. The maximum atomic E-state index is 12.2. The minimum absolute atomic E-state index is 0.0782. The fraction of sp³-hybridized carbons (Fsp3) is 0.385. The van der Waals surface area contributed by atoms with Crippen LogP contribution in [0.25, 0.3) is 0 Å². The normalized spacial score (nSPS) is 17.8. The number of carbonyl (C=O) groups excluding carboxylic acids is 2. The quantitative estimate of drug-likeness (QED) is 0.849. The second kappa shape index (κ2) is 4.28. The number of halogens is 1. The lowest BCUT2D eigenvalue weighted by Gasteiger charge is -2.14. The zero-order valence-corrected chi connectivity index (χ0v) is 10.5. The predicted octanol–water partition coefficient (Wildman–Crippen LogP) is 1.98. The Bertz CT molecular complexity index is 526. The summed E-state index contributed by atoms with van der Waals surface area (Å²) in [6.07, 6.45) is 2.17. The van der Waals surface area contributed by atoms with Crippen LogP contribution < -0.4 is 5.32 Å². The lowest BCUT2D eigenvalue weighted by atomic mass is 10.1. The molecule has 1 heterocycles. The van der Waals surface area contributed by atoms with E-state index in [9.17, 15) is 9.59 Å². The van der Waals surface area contributed by atoms with Gasteiger partial charge in [-0.3, -0.25) is 9.59 Å². The van der Waals surface area contributed by atoms with E-state index in [1.807, 2.05) is 17.0 Å². The highest BCUT2D eigenvalue weighted by Gasteiger charge is 2.39. The van der Waals surface area contributed by atoms with E-state index in [1.54, 1.807) is 6.07 Å². The van der Waals surface area contributed by atoms with E-state index in [-0.39, 0.29) is 17.7 Å². The number of nitrogens with one attached hydrogen (secondary N) is 1. The highest BCUT2D eigenvalue weighted by molar-refractivity contribution is 6.29. The summed E-state index contributed by atoms with van der Waals surface area (Å²) in [5.41, 5.74) is 2.32. The number of fused-ring (bicyclic) bond motifs is 1. The Kier molecular flexibility index (Phi) is 2.74. The first-order chi connectivity index (χ1) is 8.70. The van der Waals surface area contributed by atoms with Crippen LogP contribution in [0.2, 0.25) is 0 Å². The molecule has 18 heavy (non-hydrogen) atoms. The molecule has 1 N–H and O–H groups in total. The highest BCUT2D eigenvalue weighted by atomic mass is 35.5. The Hall–Kier alpha value is -1.55. The summed E-state index contributed by atoms with van der Waals surface area (Å²) in [7, 11) is 0. The van der Waals surface area contributed by atoms with Crippen LogP contribution in [0.4, 0.5) is 5.69 Å². The minimum Gasteiger partial charge on any atom is -0.331 e. The van der Waals surface area contributed by atoms with Gasteiger partial charge in [0.15, 0.2) is 0 Å². The van der Waals surface area contributed by atoms with Crippen molar-refractivity contribution in [2.24, 2.45) is 0 Å². The van der Waals surface area contributed by atoms with E-state index in [4.69, 9.17) is 11.6 Å². The van der Waals surface area contributed by atoms with Gasteiger partial charge in [-0.2, -0.15) is 0 Å². The van der Waals surface area contributed by atoms with Crippen molar-refractivity contribution in [3.63, 3.8) is 0 Å². The fourth-order valence-electron chi connectivity index (χ4n) is 2.34. The van der Waals surface area contributed by atoms with Gasteiger partial charge in [-0.05, 0) is 25.0 Å². The Morgan fingerprint density at radius 3 is 2.89 bits per heavy atom. The first-order valence-electron chi connectivity index (χ1n) is 5.99. The van der Waals surface area contributed by atoms with Gasteiger partial charge in [-0.25, -0.2) is 0 Å². The van der Waals surface area contributed by atoms with E-state index < -0.39 is 0 Å². The summed E-state index contributed by atoms with van der Waals surface area (Å²) in [4.78, 5) is 25.4. The van der Waals surface area contributed by atoms with Gasteiger partial charge in [-0.1, -0.05) is 6.07 Å². The summed E-state index contributed by atoms with van der Waals surface area (Å²) in [6, 6.07) is 5.81. The van der Waals surface area contributed by atoms with Crippen molar-refractivity contribution >= 4 is 29.1 Å². The molecule has 2 aliphatic rings. The molecule has 2 amide bonds.